The molecule has 8 atom stereocenters. The third-order valence-corrected chi connectivity index (χ3v) is 13.9. The maximum absolute atomic E-state index is 12.6. The highest BCUT2D eigenvalue weighted by molar-refractivity contribution is 6.30. The molecule has 3 saturated carbocycles. The number of aromatic nitrogens is 3. The van der Waals surface area contributed by atoms with Crippen LogP contribution in [0.15, 0.2) is 33.9 Å². The topological polar surface area (TPSA) is 95.2 Å². The number of pyridine rings is 1. The van der Waals surface area contributed by atoms with E-state index in [2.05, 4.69) is 44.7 Å². The van der Waals surface area contributed by atoms with E-state index in [0.717, 1.165) is 44.3 Å². The Balaban J connectivity index is 1.25. The second kappa shape index (κ2) is 13.0. The molecule has 0 bridgehead atoms. The van der Waals surface area contributed by atoms with Crippen molar-refractivity contribution >= 4 is 23.9 Å². The fraction of sp³-hybridized carbons (Fsp3) is 0.725. The van der Waals surface area contributed by atoms with Gasteiger partial charge in [-0.3, -0.25) is 4.79 Å². The molecule has 8 unspecified atom stereocenters. The SMILES string of the molecule is CC(CCC1(C)C(C)CCC2(C)C3CCC4(c5nnc(-c6ccc(Cl)cn6)o5)CCC(C(C)C)=C4C3CCC12)OC(=O)CC(C)(C)C=O. The third kappa shape index (κ3) is 6.09. The lowest BCUT2D eigenvalue weighted by molar-refractivity contribution is -0.155. The van der Waals surface area contributed by atoms with Crippen LogP contribution in [0.3, 0.4) is 0 Å². The molecule has 0 N–H and O–H groups in total. The van der Waals surface area contributed by atoms with Crippen molar-refractivity contribution in [3.8, 4) is 11.6 Å². The molecule has 262 valence electrons. The molecule has 0 aromatic carbocycles. The number of nitrogens with zero attached hydrogens (tertiary/aromatic N) is 3. The molecule has 0 saturated heterocycles. The van der Waals surface area contributed by atoms with Gasteiger partial charge in [0, 0.05) is 11.6 Å². The van der Waals surface area contributed by atoms with Gasteiger partial charge < -0.3 is 13.9 Å². The molecule has 2 heterocycles. The molecule has 0 radical (unpaired) electrons. The van der Waals surface area contributed by atoms with Gasteiger partial charge in [-0.05, 0) is 124 Å². The molecule has 8 heteroatoms. The average Bonchev–Trinajstić information content (AvgIpc) is 3.69. The van der Waals surface area contributed by atoms with E-state index < -0.39 is 5.41 Å². The number of hydrogen-bond donors (Lipinski definition) is 0. The van der Waals surface area contributed by atoms with Crippen LogP contribution in [0.25, 0.3) is 11.6 Å². The molecule has 0 amide bonds. The van der Waals surface area contributed by atoms with Crippen LogP contribution >= 0.6 is 11.6 Å². The van der Waals surface area contributed by atoms with E-state index in [0.29, 0.717) is 46.2 Å². The molecule has 0 aliphatic heterocycles. The number of hydrogen-bond acceptors (Lipinski definition) is 7. The van der Waals surface area contributed by atoms with Gasteiger partial charge in [-0.2, -0.15) is 0 Å². The minimum absolute atomic E-state index is 0.122. The van der Waals surface area contributed by atoms with E-state index in [1.165, 1.54) is 32.1 Å². The van der Waals surface area contributed by atoms with Gasteiger partial charge in [-0.15, -0.1) is 10.2 Å². The first-order valence-corrected chi connectivity index (χ1v) is 18.9. The van der Waals surface area contributed by atoms with Crippen molar-refractivity contribution in [1.29, 1.82) is 0 Å². The Morgan fingerprint density at radius 2 is 1.88 bits per heavy atom. The van der Waals surface area contributed by atoms with Gasteiger partial charge in [0.05, 0.1) is 23.0 Å². The van der Waals surface area contributed by atoms with Crippen molar-refractivity contribution in [3.63, 3.8) is 0 Å². The molecule has 0 spiro atoms. The van der Waals surface area contributed by atoms with Gasteiger partial charge in [0.1, 0.15) is 12.0 Å². The molecule has 2 aromatic heterocycles. The first-order valence-electron chi connectivity index (χ1n) is 18.5. The standard InChI is InChI=1S/C40H56ClN3O4/c1-24(2)28-15-19-40(36-44-43-35(48-36)31-11-9-27(41)22-42-31)20-16-30-29(34(28)40)10-12-32-38(7,25(3)13-17-39(30,32)8)18-14-26(4)47-33(46)21-37(5,6)23-45/h9,11,22-26,29-30,32H,10,12-21H2,1-8H3. The van der Waals surface area contributed by atoms with Crippen LogP contribution < -0.4 is 0 Å². The summed E-state index contributed by atoms with van der Waals surface area (Å²) in [4.78, 5) is 28.4. The Morgan fingerprint density at radius 3 is 2.56 bits per heavy atom. The zero-order valence-electron chi connectivity index (χ0n) is 30.4. The van der Waals surface area contributed by atoms with Crippen LogP contribution in [-0.4, -0.2) is 33.5 Å². The highest BCUT2D eigenvalue weighted by atomic mass is 35.5. The van der Waals surface area contributed by atoms with Gasteiger partial charge >= 0.3 is 5.97 Å². The summed E-state index contributed by atoms with van der Waals surface area (Å²) in [7, 11) is 0. The smallest absolute Gasteiger partial charge is 0.307 e. The number of carbonyl (C=O) groups is 2. The molecule has 4 aliphatic carbocycles. The number of fused-ring (bicyclic) bond motifs is 5. The third-order valence-electron chi connectivity index (χ3n) is 13.7. The summed E-state index contributed by atoms with van der Waals surface area (Å²) in [6.07, 6.45) is 13.6. The van der Waals surface area contributed by atoms with Gasteiger partial charge in [-0.25, -0.2) is 4.98 Å². The van der Waals surface area contributed by atoms with Crippen molar-refractivity contribution in [3.05, 3.63) is 40.4 Å². The number of aldehydes is 1. The summed E-state index contributed by atoms with van der Waals surface area (Å²) < 4.78 is 12.4. The van der Waals surface area contributed by atoms with Crippen molar-refractivity contribution in [2.24, 2.45) is 45.8 Å². The largest absolute Gasteiger partial charge is 0.463 e. The highest BCUT2D eigenvalue weighted by Gasteiger charge is 2.63. The lowest BCUT2D eigenvalue weighted by Crippen LogP contribution is -2.57. The maximum Gasteiger partial charge on any atom is 0.307 e. The molecule has 4 aliphatic rings. The molecular weight excluding hydrogens is 622 g/mol. The van der Waals surface area contributed by atoms with E-state index in [4.69, 9.17) is 25.9 Å². The average molecular weight is 678 g/mol. The van der Waals surface area contributed by atoms with Crippen LogP contribution in [0.5, 0.6) is 0 Å². The molecule has 48 heavy (non-hydrogen) atoms. The summed E-state index contributed by atoms with van der Waals surface area (Å²) in [5.41, 5.74) is 3.45. The van der Waals surface area contributed by atoms with E-state index in [1.807, 2.05) is 19.1 Å². The van der Waals surface area contributed by atoms with E-state index in [9.17, 15) is 9.59 Å². The Bertz CT molecular complexity index is 1550. The summed E-state index contributed by atoms with van der Waals surface area (Å²) in [6, 6.07) is 3.67. The van der Waals surface area contributed by atoms with Gasteiger partial charge in [0.2, 0.25) is 5.89 Å². The van der Waals surface area contributed by atoms with Gasteiger partial charge in [0.15, 0.2) is 0 Å². The van der Waals surface area contributed by atoms with Crippen LogP contribution in [0.1, 0.15) is 132 Å². The summed E-state index contributed by atoms with van der Waals surface area (Å²) in [5.74, 6) is 3.84. The van der Waals surface area contributed by atoms with Gasteiger partial charge in [0.25, 0.3) is 5.89 Å². The zero-order valence-corrected chi connectivity index (χ0v) is 31.2. The number of allylic oxidation sites excluding steroid dienone is 2. The Hall–Kier alpha value is -2.54. The highest BCUT2D eigenvalue weighted by Crippen LogP contribution is 2.70. The minimum Gasteiger partial charge on any atom is -0.463 e. The molecular formula is C40H56ClN3O4. The fourth-order valence-corrected chi connectivity index (χ4v) is 11.0. The lowest BCUT2D eigenvalue weighted by Gasteiger charge is -2.64. The first kappa shape index (κ1) is 35.3. The molecule has 3 fully saturated rings. The van der Waals surface area contributed by atoms with Crippen LogP contribution in [0.4, 0.5) is 0 Å². The second-order valence-corrected chi connectivity index (χ2v) is 17.8. The Kier molecular flexibility index (Phi) is 9.54. The fourth-order valence-electron chi connectivity index (χ4n) is 10.9. The predicted octanol–water partition coefficient (Wildman–Crippen LogP) is 9.97. The van der Waals surface area contributed by atoms with Crippen LogP contribution in [0, 0.1) is 45.8 Å². The monoisotopic (exact) mass is 677 g/mol. The molecule has 7 nitrogen and oxygen atoms in total. The van der Waals surface area contributed by atoms with Crippen molar-refractivity contribution < 1.29 is 18.7 Å². The lowest BCUT2D eigenvalue weighted by atomic mass is 9.40. The van der Waals surface area contributed by atoms with Crippen LogP contribution in [0.2, 0.25) is 5.02 Å². The number of esters is 1. The summed E-state index contributed by atoms with van der Waals surface area (Å²) >= 11 is 6.10. The number of rotatable bonds is 10. The zero-order chi connectivity index (χ0) is 34.6. The van der Waals surface area contributed by atoms with Crippen LogP contribution in [-0.2, 0) is 19.7 Å². The Labute approximate surface area is 292 Å². The minimum atomic E-state index is -0.692. The first-order chi connectivity index (χ1) is 22.6. The van der Waals surface area contributed by atoms with E-state index in [-0.39, 0.29) is 34.7 Å². The summed E-state index contributed by atoms with van der Waals surface area (Å²) in [5, 5.41) is 9.84. The van der Waals surface area contributed by atoms with Gasteiger partial charge in [-0.1, -0.05) is 71.2 Å². The number of halogens is 1. The van der Waals surface area contributed by atoms with Crippen molar-refractivity contribution in [1.82, 2.24) is 15.2 Å². The van der Waals surface area contributed by atoms with Crippen molar-refractivity contribution in [2.75, 3.05) is 0 Å². The predicted molar refractivity (Wildman–Crippen MR) is 188 cm³/mol. The second-order valence-electron chi connectivity index (χ2n) is 17.4. The number of carbonyl (C=O) groups excluding carboxylic acids is 2. The van der Waals surface area contributed by atoms with Crippen molar-refractivity contribution in [2.45, 2.75) is 138 Å². The molecule has 6 rings (SSSR count). The normalized spacial score (nSPS) is 34.0. The summed E-state index contributed by atoms with van der Waals surface area (Å²) in [6.45, 7) is 17.9. The maximum atomic E-state index is 12.6. The van der Waals surface area contributed by atoms with E-state index >= 15 is 0 Å². The van der Waals surface area contributed by atoms with E-state index in [1.54, 1.807) is 31.2 Å². The number of ether oxygens (including phenoxy) is 1. The Morgan fingerprint density at radius 1 is 1.10 bits per heavy atom. The molecule has 2 aromatic rings. The quantitative estimate of drug-likeness (QED) is 0.140.